The summed E-state index contributed by atoms with van der Waals surface area (Å²) in [5, 5.41) is 0.852. The summed E-state index contributed by atoms with van der Waals surface area (Å²) in [4.78, 5) is 15.6. The normalized spacial score (nSPS) is 10.6. The highest BCUT2D eigenvalue weighted by Gasteiger charge is 2.06. The van der Waals surface area contributed by atoms with Crippen molar-refractivity contribution in [2.75, 3.05) is 0 Å². The van der Waals surface area contributed by atoms with Crippen molar-refractivity contribution in [3.8, 4) is 0 Å². The van der Waals surface area contributed by atoms with Crippen molar-refractivity contribution >= 4 is 27.5 Å². The van der Waals surface area contributed by atoms with Gasteiger partial charge in [-0.3, -0.25) is 4.79 Å². The summed E-state index contributed by atoms with van der Waals surface area (Å²) in [6, 6.07) is 7.91. The Bertz CT molecular complexity index is 459. The van der Waals surface area contributed by atoms with E-state index in [1.54, 1.807) is 11.3 Å². The molecule has 0 fully saturated rings. The number of carbonyl (C=O) groups excluding carboxylic acids is 1. The lowest BCUT2D eigenvalue weighted by molar-refractivity contribution is -0.144. The van der Waals surface area contributed by atoms with Crippen molar-refractivity contribution in [2.45, 2.75) is 26.4 Å². The molecule has 0 unspecified atom stereocenters. The van der Waals surface area contributed by atoms with E-state index in [4.69, 9.17) is 4.74 Å². The van der Waals surface area contributed by atoms with Gasteiger partial charge in [-0.25, -0.2) is 4.98 Å². The minimum atomic E-state index is -0.151. The first-order valence-electron chi connectivity index (χ1n) is 5.29. The Balaban J connectivity index is 2.02. The summed E-state index contributed by atoms with van der Waals surface area (Å²) in [5.41, 5.74) is 0.967. The van der Waals surface area contributed by atoms with Crippen molar-refractivity contribution in [1.82, 2.24) is 4.98 Å². The second-order valence-corrected chi connectivity index (χ2v) is 4.60. The van der Waals surface area contributed by atoms with Crippen LogP contribution in [0.15, 0.2) is 24.3 Å². The Morgan fingerprint density at radius 3 is 3.00 bits per heavy atom. The lowest BCUT2D eigenvalue weighted by Gasteiger charge is -1.99. The lowest BCUT2D eigenvalue weighted by atomic mass is 10.3. The van der Waals surface area contributed by atoms with Gasteiger partial charge in [0.25, 0.3) is 0 Å². The van der Waals surface area contributed by atoms with E-state index in [-0.39, 0.29) is 12.6 Å². The van der Waals surface area contributed by atoms with E-state index < -0.39 is 0 Å². The van der Waals surface area contributed by atoms with Gasteiger partial charge in [0.1, 0.15) is 11.6 Å². The number of aromatic nitrogens is 1. The third-order valence-corrected chi connectivity index (χ3v) is 3.16. The number of rotatable bonds is 4. The smallest absolute Gasteiger partial charge is 0.306 e. The van der Waals surface area contributed by atoms with E-state index in [1.165, 1.54) is 0 Å². The fourth-order valence-electron chi connectivity index (χ4n) is 1.40. The number of ether oxygens (including phenoxy) is 1. The Morgan fingerprint density at radius 1 is 1.44 bits per heavy atom. The predicted molar refractivity (Wildman–Crippen MR) is 64.3 cm³/mol. The summed E-state index contributed by atoms with van der Waals surface area (Å²) in [6.45, 7) is 2.25. The van der Waals surface area contributed by atoms with Gasteiger partial charge in [0.15, 0.2) is 0 Å². The van der Waals surface area contributed by atoms with Gasteiger partial charge in [0.2, 0.25) is 0 Å². The highest BCUT2D eigenvalue weighted by atomic mass is 32.1. The quantitative estimate of drug-likeness (QED) is 0.764. The molecule has 1 aromatic carbocycles. The number of carbonyl (C=O) groups is 1. The van der Waals surface area contributed by atoms with Gasteiger partial charge in [-0.05, 0) is 18.6 Å². The topological polar surface area (TPSA) is 39.2 Å². The van der Waals surface area contributed by atoms with Crippen LogP contribution in [0.1, 0.15) is 24.8 Å². The van der Waals surface area contributed by atoms with Crippen molar-refractivity contribution in [3.05, 3.63) is 29.3 Å². The highest BCUT2D eigenvalue weighted by molar-refractivity contribution is 7.18. The van der Waals surface area contributed by atoms with Gasteiger partial charge in [-0.15, -0.1) is 11.3 Å². The molecule has 1 heterocycles. The first-order valence-corrected chi connectivity index (χ1v) is 6.11. The molecule has 0 spiro atoms. The van der Waals surface area contributed by atoms with Crippen molar-refractivity contribution < 1.29 is 9.53 Å². The Kier molecular flexibility index (Phi) is 3.51. The maximum Gasteiger partial charge on any atom is 0.306 e. The molecule has 0 atom stereocenters. The first kappa shape index (κ1) is 11.1. The maximum absolute atomic E-state index is 11.2. The molecule has 3 nitrogen and oxygen atoms in total. The van der Waals surface area contributed by atoms with Crippen LogP contribution in [-0.4, -0.2) is 11.0 Å². The fraction of sp³-hybridized carbons (Fsp3) is 0.333. The van der Waals surface area contributed by atoms with Gasteiger partial charge in [-0.1, -0.05) is 19.1 Å². The summed E-state index contributed by atoms with van der Waals surface area (Å²) < 4.78 is 6.24. The SMILES string of the molecule is CCCC(=O)OCc1nc2ccccc2s1. The molecule has 1 aromatic heterocycles. The molecule has 0 aliphatic heterocycles. The molecule has 0 saturated carbocycles. The molecule has 2 aromatic rings. The minimum Gasteiger partial charge on any atom is -0.458 e. The maximum atomic E-state index is 11.2. The molecule has 0 saturated heterocycles. The number of hydrogen-bond acceptors (Lipinski definition) is 4. The molecule has 0 aliphatic rings. The van der Waals surface area contributed by atoms with E-state index in [0.29, 0.717) is 6.42 Å². The molecule has 2 rings (SSSR count). The third-order valence-electron chi connectivity index (χ3n) is 2.15. The summed E-state index contributed by atoms with van der Waals surface area (Å²) in [6.07, 6.45) is 1.30. The minimum absolute atomic E-state index is 0.151. The van der Waals surface area contributed by atoms with Crippen molar-refractivity contribution in [2.24, 2.45) is 0 Å². The van der Waals surface area contributed by atoms with Gasteiger partial charge in [0.05, 0.1) is 10.2 Å². The lowest BCUT2D eigenvalue weighted by Crippen LogP contribution is -2.03. The zero-order chi connectivity index (χ0) is 11.4. The van der Waals surface area contributed by atoms with Crippen LogP contribution < -0.4 is 0 Å². The largest absolute Gasteiger partial charge is 0.458 e. The third kappa shape index (κ3) is 2.58. The molecule has 0 amide bonds. The number of thiazole rings is 1. The van der Waals surface area contributed by atoms with Gasteiger partial charge >= 0.3 is 5.97 Å². The zero-order valence-corrected chi connectivity index (χ0v) is 9.92. The van der Waals surface area contributed by atoms with E-state index in [0.717, 1.165) is 21.6 Å². The van der Waals surface area contributed by atoms with E-state index in [1.807, 2.05) is 31.2 Å². The molecule has 0 radical (unpaired) electrons. The Hall–Kier alpha value is -1.42. The molecule has 84 valence electrons. The van der Waals surface area contributed by atoms with Crippen molar-refractivity contribution in [3.63, 3.8) is 0 Å². The number of esters is 1. The monoisotopic (exact) mass is 235 g/mol. The molecule has 0 bridgehead atoms. The van der Waals surface area contributed by atoms with Gasteiger partial charge in [-0.2, -0.15) is 0 Å². The highest BCUT2D eigenvalue weighted by Crippen LogP contribution is 2.21. The van der Waals surface area contributed by atoms with Crippen LogP contribution in [0.4, 0.5) is 0 Å². The number of nitrogens with zero attached hydrogens (tertiary/aromatic N) is 1. The number of fused-ring (bicyclic) bond motifs is 1. The van der Waals surface area contributed by atoms with Gasteiger partial charge < -0.3 is 4.74 Å². The molecule has 0 aliphatic carbocycles. The standard InChI is InChI=1S/C12H13NO2S/c1-2-5-12(14)15-8-11-13-9-6-3-4-7-10(9)16-11/h3-4,6-7H,2,5,8H2,1H3. The van der Waals surface area contributed by atoms with Crippen LogP contribution in [0.25, 0.3) is 10.2 Å². The number of para-hydroxylation sites is 1. The van der Waals surface area contributed by atoms with Crippen LogP contribution in [0.3, 0.4) is 0 Å². The average molecular weight is 235 g/mol. The summed E-state index contributed by atoms with van der Waals surface area (Å²) in [5.74, 6) is -0.151. The molecule has 0 N–H and O–H groups in total. The Morgan fingerprint density at radius 2 is 2.25 bits per heavy atom. The van der Waals surface area contributed by atoms with Crippen LogP contribution in [-0.2, 0) is 16.1 Å². The fourth-order valence-corrected chi connectivity index (χ4v) is 2.28. The molecular formula is C12H13NO2S. The second-order valence-electron chi connectivity index (χ2n) is 3.49. The van der Waals surface area contributed by atoms with Crippen LogP contribution in [0.2, 0.25) is 0 Å². The van der Waals surface area contributed by atoms with Crippen LogP contribution in [0, 0.1) is 0 Å². The molecule has 4 heteroatoms. The van der Waals surface area contributed by atoms with Crippen molar-refractivity contribution in [1.29, 1.82) is 0 Å². The van der Waals surface area contributed by atoms with Gasteiger partial charge in [0, 0.05) is 6.42 Å². The van der Waals surface area contributed by atoms with E-state index in [9.17, 15) is 4.79 Å². The number of hydrogen-bond donors (Lipinski definition) is 0. The first-order chi connectivity index (χ1) is 7.79. The van der Waals surface area contributed by atoms with Crippen LogP contribution in [0.5, 0.6) is 0 Å². The summed E-state index contributed by atoms with van der Waals surface area (Å²) in [7, 11) is 0. The van der Waals surface area contributed by atoms with E-state index in [2.05, 4.69) is 4.98 Å². The van der Waals surface area contributed by atoms with E-state index >= 15 is 0 Å². The zero-order valence-electron chi connectivity index (χ0n) is 9.10. The molecule has 16 heavy (non-hydrogen) atoms. The number of benzene rings is 1. The Labute approximate surface area is 98.1 Å². The summed E-state index contributed by atoms with van der Waals surface area (Å²) >= 11 is 1.57. The average Bonchev–Trinajstić information content (AvgIpc) is 2.69. The second kappa shape index (κ2) is 5.07. The predicted octanol–water partition coefficient (Wildman–Crippen LogP) is 3.14. The molecular weight excluding hydrogens is 222 g/mol. The van der Waals surface area contributed by atoms with Crippen LogP contribution >= 0.6 is 11.3 Å².